The van der Waals surface area contributed by atoms with Crippen molar-refractivity contribution in [2.75, 3.05) is 19.6 Å². The summed E-state index contributed by atoms with van der Waals surface area (Å²) in [5.74, 6) is -0.779. The first-order valence-corrected chi connectivity index (χ1v) is 10.4. The highest BCUT2D eigenvalue weighted by Gasteiger charge is 2.31. The van der Waals surface area contributed by atoms with Crippen molar-refractivity contribution < 1.29 is 14.0 Å². The first kappa shape index (κ1) is 20.5. The van der Waals surface area contributed by atoms with Crippen LogP contribution in [0.1, 0.15) is 48.0 Å². The van der Waals surface area contributed by atoms with Gasteiger partial charge in [-0.15, -0.1) is 11.3 Å². The predicted octanol–water partition coefficient (Wildman–Crippen LogP) is 3.35. The highest BCUT2D eigenvalue weighted by molar-refractivity contribution is 7.12. The monoisotopic (exact) mass is 403 g/mol. The van der Waals surface area contributed by atoms with Crippen molar-refractivity contribution in [1.82, 2.24) is 15.5 Å². The van der Waals surface area contributed by atoms with Crippen molar-refractivity contribution in [2.45, 2.75) is 38.3 Å². The van der Waals surface area contributed by atoms with Gasteiger partial charge in [0.1, 0.15) is 11.4 Å². The van der Waals surface area contributed by atoms with Gasteiger partial charge in [-0.2, -0.15) is 0 Å². The summed E-state index contributed by atoms with van der Waals surface area (Å²) in [5.41, 5.74) is -0.0663. The normalized spacial score (nSPS) is 16.0. The number of thiophene rings is 1. The van der Waals surface area contributed by atoms with Crippen LogP contribution in [0.3, 0.4) is 0 Å². The summed E-state index contributed by atoms with van der Waals surface area (Å²) in [6.45, 7) is 5.70. The number of amides is 2. The van der Waals surface area contributed by atoms with Crippen LogP contribution >= 0.6 is 11.3 Å². The Morgan fingerprint density at radius 3 is 2.46 bits per heavy atom. The number of nitrogens with one attached hydrogen (secondary N) is 2. The number of benzene rings is 1. The van der Waals surface area contributed by atoms with E-state index < -0.39 is 5.54 Å². The molecule has 1 saturated heterocycles. The zero-order chi connectivity index (χ0) is 20.1. The molecule has 2 N–H and O–H groups in total. The molecule has 3 rings (SSSR count). The van der Waals surface area contributed by atoms with Crippen LogP contribution in [0.15, 0.2) is 41.8 Å². The van der Waals surface area contributed by atoms with E-state index in [0.29, 0.717) is 11.4 Å². The topological polar surface area (TPSA) is 61.4 Å². The van der Waals surface area contributed by atoms with E-state index in [9.17, 15) is 14.0 Å². The molecule has 0 unspecified atom stereocenters. The van der Waals surface area contributed by atoms with Gasteiger partial charge in [-0.3, -0.25) is 14.5 Å². The highest BCUT2D eigenvalue weighted by atomic mass is 32.1. The van der Waals surface area contributed by atoms with Crippen LogP contribution in [0, 0.1) is 5.82 Å². The fraction of sp³-hybridized carbons (Fsp3) is 0.429. The Hall–Kier alpha value is -2.25. The molecular formula is C21H26FN3O2S. The van der Waals surface area contributed by atoms with E-state index in [1.54, 1.807) is 38.1 Å². The van der Waals surface area contributed by atoms with E-state index in [0.717, 1.165) is 31.5 Å². The van der Waals surface area contributed by atoms with E-state index in [-0.39, 0.29) is 23.7 Å². The summed E-state index contributed by atoms with van der Waals surface area (Å²) in [4.78, 5) is 28.0. The van der Waals surface area contributed by atoms with Gasteiger partial charge in [-0.25, -0.2) is 4.39 Å². The van der Waals surface area contributed by atoms with Crippen LogP contribution in [-0.2, 0) is 4.79 Å². The maximum absolute atomic E-state index is 13.3. The Kier molecular flexibility index (Phi) is 6.46. The molecule has 0 spiro atoms. The average Bonchev–Trinajstić information content (AvgIpc) is 3.37. The summed E-state index contributed by atoms with van der Waals surface area (Å²) < 4.78 is 13.3. The van der Waals surface area contributed by atoms with Crippen molar-refractivity contribution in [3.63, 3.8) is 0 Å². The van der Waals surface area contributed by atoms with Crippen LogP contribution in [0.4, 0.5) is 4.39 Å². The second kappa shape index (κ2) is 8.84. The summed E-state index contributed by atoms with van der Waals surface area (Å²) in [5, 5.41) is 7.60. The van der Waals surface area contributed by atoms with Gasteiger partial charge in [0, 0.05) is 6.54 Å². The molecule has 150 valence electrons. The van der Waals surface area contributed by atoms with Crippen LogP contribution in [0.5, 0.6) is 0 Å². The van der Waals surface area contributed by atoms with Gasteiger partial charge in [0.25, 0.3) is 5.91 Å². The van der Waals surface area contributed by atoms with Crippen LogP contribution in [-0.4, -0.2) is 41.9 Å². The third kappa shape index (κ3) is 4.97. The number of halogens is 1. The van der Waals surface area contributed by atoms with Gasteiger partial charge in [0.15, 0.2) is 0 Å². The Morgan fingerprint density at radius 1 is 1.18 bits per heavy atom. The fourth-order valence-corrected chi connectivity index (χ4v) is 4.04. The van der Waals surface area contributed by atoms with E-state index >= 15 is 0 Å². The summed E-state index contributed by atoms with van der Waals surface area (Å²) in [6.07, 6.45) is 2.24. The maximum atomic E-state index is 13.3. The summed E-state index contributed by atoms with van der Waals surface area (Å²) in [6, 6.07) is 9.96. The maximum Gasteiger partial charge on any atom is 0.262 e. The third-order valence-corrected chi connectivity index (χ3v) is 5.90. The Bertz CT molecular complexity index is 800. The van der Waals surface area contributed by atoms with Gasteiger partial charge in [-0.05, 0) is 68.9 Å². The summed E-state index contributed by atoms with van der Waals surface area (Å²) >= 11 is 1.34. The molecule has 0 bridgehead atoms. The van der Waals surface area contributed by atoms with Crippen molar-refractivity contribution >= 4 is 23.2 Å². The molecule has 2 heterocycles. The minimum absolute atomic E-state index is 0.0177. The molecule has 1 aromatic heterocycles. The lowest BCUT2D eigenvalue weighted by atomic mass is 10.0. The predicted molar refractivity (Wildman–Crippen MR) is 109 cm³/mol. The van der Waals surface area contributed by atoms with Gasteiger partial charge >= 0.3 is 0 Å². The quantitative estimate of drug-likeness (QED) is 0.745. The van der Waals surface area contributed by atoms with Gasteiger partial charge in [0.05, 0.1) is 10.9 Å². The lowest BCUT2D eigenvalue weighted by molar-refractivity contribution is -0.126. The lowest BCUT2D eigenvalue weighted by Crippen LogP contribution is -2.55. The lowest BCUT2D eigenvalue weighted by Gasteiger charge is -2.31. The van der Waals surface area contributed by atoms with Crippen LogP contribution < -0.4 is 10.6 Å². The standard InChI is InChI=1S/C21H26FN3O2S/c1-21(2,24-19(26)18-6-5-13-28-18)20(27)23-14-17(25-11-3-4-12-25)15-7-9-16(22)10-8-15/h5-10,13,17H,3-4,11-12,14H2,1-2H3,(H,23,27)(H,24,26)/t17-/m0/s1. The Balaban J connectivity index is 1.65. The molecule has 28 heavy (non-hydrogen) atoms. The van der Waals surface area contributed by atoms with Crippen molar-refractivity contribution in [2.24, 2.45) is 0 Å². The van der Waals surface area contributed by atoms with Gasteiger partial charge in [-0.1, -0.05) is 18.2 Å². The molecule has 2 aromatic rings. The molecule has 1 aliphatic rings. The van der Waals surface area contributed by atoms with E-state index in [1.807, 2.05) is 5.38 Å². The first-order valence-electron chi connectivity index (χ1n) is 9.50. The first-order chi connectivity index (χ1) is 13.4. The molecule has 1 aromatic carbocycles. The number of carbonyl (C=O) groups is 2. The number of hydrogen-bond donors (Lipinski definition) is 2. The second-order valence-electron chi connectivity index (χ2n) is 7.58. The molecule has 5 nitrogen and oxygen atoms in total. The van der Waals surface area contributed by atoms with E-state index in [1.165, 1.54) is 23.5 Å². The molecular weight excluding hydrogens is 377 g/mol. The molecule has 7 heteroatoms. The number of carbonyl (C=O) groups excluding carboxylic acids is 2. The summed E-state index contributed by atoms with van der Waals surface area (Å²) in [7, 11) is 0. The molecule has 0 radical (unpaired) electrons. The average molecular weight is 404 g/mol. The van der Waals surface area contributed by atoms with Gasteiger partial charge in [0.2, 0.25) is 5.91 Å². The van der Waals surface area contributed by atoms with E-state index in [4.69, 9.17) is 0 Å². The Labute approximate surface area is 168 Å². The molecule has 1 atom stereocenters. The van der Waals surface area contributed by atoms with Gasteiger partial charge < -0.3 is 10.6 Å². The zero-order valence-electron chi connectivity index (χ0n) is 16.2. The number of likely N-dealkylation sites (tertiary alicyclic amines) is 1. The molecule has 2 amide bonds. The number of rotatable bonds is 7. The smallest absolute Gasteiger partial charge is 0.262 e. The molecule has 0 aliphatic carbocycles. The SMILES string of the molecule is CC(C)(NC(=O)c1cccs1)C(=O)NC[C@@H](c1ccc(F)cc1)N1CCCC1. The molecule has 1 aliphatic heterocycles. The minimum Gasteiger partial charge on any atom is -0.352 e. The molecule has 1 fully saturated rings. The van der Waals surface area contributed by atoms with Crippen molar-refractivity contribution in [3.8, 4) is 0 Å². The van der Waals surface area contributed by atoms with Crippen molar-refractivity contribution in [1.29, 1.82) is 0 Å². The second-order valence-corrected chi connectivity index (χ2v) is 8.52. The highest BCUT2D eigenvalue weighted by Crippen LogP contribution is 2.25. The zero-order valence-corrected chi connectivity index (χ0v) is 17.0. The molecule has 0 saturated carbocycles. The number of hydrogen-bond acceptors (Lipinski definition) is 4. The van der Waals surface area contributed by atoms with Crippen LogP contribution in [0.25, 0.3) is 0 Å². The number of nitrogens with zero attached hydrogens (tertiary/aromatic N) is 1. The third-order valence-electron chi connectivity index (χ3n) is 5.03. The van der Waals surface area contributed by atoms with Crippen molar-refractivity contribution in [3.05, 3.63) is 58.0 Å². The van der Waals surface area contributed by atoms with Crippen LogP contribution in [0.2, 0.25) is 0 Å². The Morgan fingerprint density at radius 2 is 1.86 bits per heavy atom. The largest absolute Gasteiger partial charge is 0.352 e. The minimum atomic E-state index is -1.04. The fourth-order valence-electron chi connectivity index (χ4n) is 3.42. The van der Waals surface area contributed by atoms with E-state index in [2.05, 4.69) is 15.5 Å².